The summed E-state index contributed by atoms with van der Waals surface area (Å²) < 4.78 is 28.4. The lowest BCUT2D eigenvalue weighted by Gasteiger charge is -2.23. The fourth-order valence-corrected chi connectivity index (χ4v) is 5.02. The molecule has 6 heteroatoms. The Morgan fingerprint density at radius 1 is 0.906 bits per heavy atom. The summed E-state index contributed by atoms with van der Waals surface area (Å²) in [5, 5.41) is 3.90. The lowest BCUT2D eigenvalue weighted by molar-refractivity contribution is 0.401. The molecule has 0 amide bonds. The molecular weight excluding hydrogens is 440 g/mol. The van der Waals surface area contributed by atoms with E-state index in [2.05, 4.69) is 11.9 Å². The molecule has 0 aliphatic heterocycles. The Morgan fingerprint density at radius 2 is 1.50 bits per heavy atom. The van der Waals surface area contributed by atoms with Crippen LogP contribution in [0.1, 0.15) is 29.5 Å². The predicted molar refractivity (Wildman–Crippen MR) is 131 cm³/mol. The minimum Gasteiger partial charge on any atom is -0.385 e. The average Bonchev–Trinajstić information content (AvgIpc) is 3.63. The highest BCUT2D eigenvalue weighted by Gasteiger charge is 2.25. The summed E-state index contributed by atoms with van der Waals surface area (Å²) in [6.07, 6.45) is 2.58. The van der Waals surface area contributed by atoms with Gasteiger partial charge >= 0.3 is 0 Å². The molecule has 0 aromatic heterocycles. The normalized spacial score (nSPS) is 13.8. The largest absolute Gasteiger partial charge is 0.385 e. The second kappa shape index (κ2) is 9.90. The van der Waals surface area contributed by atoms with Crippen molar-refractivity contribution >= 4 is 27.3 Å². The summed E-state index contributed by atoms with van der Waals surface area (Å²) in [5.41, 5.74) is 3.76. The van der Waals surface area contributed by atoms with Gasteiger partial charge in [-0.25, -0.2) is 8.42 Å². The van der Waals surface area contributed by atoms with E-state index in [1.54, 1.807) is 24.3 Å². The van der Waals surface area contributed by atoms with Gasteiger partial charge in [0.1, 0.15) is 0 Å². The summed E-state index contributed by atoms with van der Waals surface area (Å²) in [5.74, 6) is 0.774. The van der Waals surface area contributed by atoms with Crippen LogP contribution in [0.15, 0.2) is 90.3 Å². The molecule has 1 N–H and O–H groups in total. The second-order valence-electron chi connectivity index (χ2n) is 8.21. The van der Waals surface area contributed by atoms with Crippen LogP contribution in [0.3, 0.4) is 0 Å². The lowest BCUT2D eigenvalue weighted by Crippen LogP contribution is -2.30. The third-order valence-corrected chi connectivity index (χ3v) is 7.67. The van der Waals surface area contributed by atoms with Crippen LogP contribution in [0.25, 0.3) is 5.70 Å². The van der Waals surface area contributed by atoms with Crippen molar-refractivity contribution in [1.82, 2.24) is 9.62 Å². The minimum absolute atomic E-state index is 0.229. The second-order valence-corrected chi connectivity index (χ2v) is 10.6. The molecule has 0 saturated heterocycles. The van der Waals surface area contributed by atoms with Crippen LogP contribution in [0.5, 0.6) is 0 Å². The first-order chi connectivity index (χ1) is 15.4. The number of sulfonamides is 1. The van der Waals surface area contributed by atoms with Gasteiger partial charge in [-0.15, -0.1) is 0 Å². The third kappa shape index (κ3) is 5.80. The number of halogens is 1. The Morgan fingerprint density at radius 3 is 2.09 bits per heavy atom. The Bertz CT molecular complexity index is 1160. The smallest absolute Gasteiger partial charge is 0.243 e. The molecule has 0 radical (unpaired) electrons. The van der Waals surface area contributed by atoms with Crippen LogP contribution in [0, 0.1) is 5.92 Å². The molecule has 3 aromatic carbocycles. The first-order valence-corrected chi connectivity index (χ1v) is 12.6. The van der Waals surface area contributed by atoms with E-state index in [9.17, 15) is 8.42 Å². The molecule has 0 unspecified atom stereocenters. The molecule has 32 heavy (non-hydrogen) atoms. The summed E-state index contributed by atoms with van der Waals surface area (Å²) >= 11 is 5.96. The number of hydrogen-bond acceptors (Lipinski definition) is 3. The molecule has 1 saturated carbocycles. The van der Waals surface area contributed by atoms with Crippen molar-refractivity contribution in [1.29, 1.82) is 0 Å². The molecule has 0 atom stereocenters. The van der Waals surface area contributed by atoms with E-state index in [0.717, 1.165) is 34.9 Å². The van der Waals surface area contributed by atoms with Gasteiger partial charge in [0.25, 0.3) is 0 Å². The molecule has 4 nitrogen and oxygen atoms in total. The van der Waals surface area contributed by atoms with Crippen molar-refractivity contribution in [3.05, 3.63) is 107 Å². The van der Waals surface area contributed by atoms with E-state index in [0.29, 0.717) is 5.02 Å². The molecule has 0 bridgehead atoms. The molecule has 0 heterocycles. The predicted octanol–water partition coefficient (Wildman–Crippen LogP) is 5.70. The van der Waals surface area contributed by atoms with Gasteiger partial charge in [0.15, 0.2) is 0 Å². The number of nitrogens with zero attached hydrogens (tertiary/aromatic N) is 1. The van der Waals surface area contributed by atoms with Crippen molar-refractivity contribution in [2.75, 3.05) is 6.54 Å². The summed E-state index contributed by atoms with van der Waals surface area (Å²) in [6, 6.07) is 23.8. The highest BCUT2D eigenvalue weighted by molar-refractivity contribution is 7.89. The van der Waals surface area contributed by atoms with Gasteiger partial charge in [0, 0.05) is 30.4 Å². The van der Waals surface area contributed by atoms with Crippen molar-refractivity contribution in [2.45, 2.75) is 30.8 Å². The van der Waals surface area contributed by atoms with Crippen molar-refractivity contribution < 1.29 is 8.42 Å². The van der Waals surface area contributed by atoms with E-state index in [4.69, 9.17) is 11.6 Å². The molecule has 166 valence electrons. The van der Waals surface area contributed by atoms with Gasteiger partial charge in [-0.2, -0.15) is 4.31 Å². The lowest BCUT2D eigenvalue weighted by atomic mass is 10.1. The molecule has 1 aliphatic carbocycles. The zero-order chi connectivity index (χ0) is 22.6. The first-order valence-electron chi connectivity index (χ1n) is 10.7. The quantitative estimate of drug-likeness (QED) is 0.417. The van der Waals surface area contributed by atoms with Gasteiger partial charge in [-0.1, -0.05) is 72.8 Å². The van der Waals surface area contributed by atoms with Gasteiger partial charge in [-0.05, 0) is 59.7 Å². The van der Waals surface area contributed by atoms with Crippen LogP contribution >= 0.6 is 11.6 Å². The minimum atomic E-state index is -3.71. The van der Waals surface area contributed by atoms with E-state index < -0.39 is 10.0 Å². The molecule has 1 aliphatic rings. The average molecular weight is 467 g/mol. The maximum absolute atomic E-state index is 13.4. The highest BCUT2D eigenvalue weighted by Crippen LogP contribution is 2.28. The Hall–Kier alpha value is -2.60. The van der Waals surface area contributed by atoms with Crippen LogP contribution in [-0.2, 0) is 23.1 Å². The zero-order valence-electron chi connectivity index (χ0n) is 17.9. The molecule has 3 aromatic rings. The Kier molecular flexibility index (Phi) is 6.99. The summed E-state index contributed by atoms with van der Waals surface area (Å²) in [4.78, 5) is 0.229. The molecule has 1 fully saturated rings. The standard InChI is InChI=1S/C26H27ClN2O2S/c1-20(28-17-21-7-8-21)24-11-9-23(10-12-24)19-29(18-22-5-3-2-4-6-22)32(30,31)26-15-13-25(27)14-16-26/h2-6,9-16,21,28H,1,7-8,17-19H2. The van der Waals surface area contributed by atoms with Crippen molar-refractivity contribution in [2.24, 2.45) is 5.92 Å². The third-order valence-electron chi connectivity index (χ3n) is 5.62. The Balaban J connectivity index is 1.54. The van der Waals surface area contributed by atoms with Crippen molar-refractivity contribution in [3.63, 3.8) is 0 Å². The van der Waals surface area contributed by atoms with E-state index in [1.807, 2.05) is 54.6 Å². The van der Waals surface area contributed by atoms with Gasteiger partial charge in [0.2, 0.25) is 10.0 Å². The molecule has 0 spiro atoms. The van der Waals surface area contributed by atoms with Gasteiger partial charge in [0.05, 0.1) is 4.90 Å². The first kappa shape index (κ1) is 22.6. The molecular formula is C26H27ClN2O2S. The van der Waals surface area contributed by atoms with E-state index >= 15 is 0 Å². The number of hydrogen-bond donors (Lipinski definition) is 1. The van der Waals surface area contributed by atoms with Crippen LogP contribution in [0.4, 0.5) is 0 Å². The SMILES string of the molecule is C=C(NCC1CC1)c1ccc(CN(Cc2ccccc2)S(=O)(=O)c2ccc(Cl)cc2)cc1. The maximum atomic E-state index is 13.4. The zero-order valence-corrected chi connectivity index (χ0v) is 19.4. The fourth-order valence-electron chi connectivity index (χ4n) is 3.48. The summed E-state index contributed by atoms with van der Waals surface area (Å²) in [7, 11) is -3.71. The van der Waals surface area contributed by atoms with Crippen LogP contribution in [-0.4, -0.2) is 19.3 Å². The monoisotopic (exact) mass is 466 g/mol. The number of rotatable bonds is 10. The number of benzene rings is 3. The fraction of sp³-hybridized carbons (Fsp3) is 0.231. The number of nitrogens with one attached hydrogen (secondary N) is 1. The van der Waals surface area contributed by atoms with E-state index in [1.165, 1.54) is 17.1 Å². The van der Waals surface area contributed by atoms with Crippen LogP contribution < -0.4 is 5.32 Å². The maximum Gasteiger partial charge on any atom is 0.243 e. The summed E-state index contributed by atoms with van der Waals surface area (Å²) in [6.45, 7) is 5.64. The van der Waals surface area contributed by atoms with Crippen LogP contribution in [0.2, 0.25) is 5.02 Å². The topological polar surface area (TPSA) is 49.4 Å². The van der Waals surface area contributed by atoms with Gasteiger partial charge < -0.3 is 5.32 Å². The van der Waals surface area contributed by atoms with Crippen molar-refractivity contribution in [3.8, 4) is 0 Å². The molecule has 4 rings (SSSR count). The van der Waals surface area contributed by atoms with Gasteiger partial charge in [-0.3, -0.25) is 0 Å². The van der Waals surface area contributed by atoms with E-state index in [-0.39, 0.29) is 18.0 Å². The highest BCUT2D eigenvalue weighted by atomic mass is 35.5. The Labute approximate surface area is 195 Å².